The van der Waals surface area contributed by atoms with Gasteiger partial charge in [-0.05, 0) is 30.3 Å². The first kappa shape index (κ1) is 10.3. The van der Waals surface area contributed by atoms with Crippen LogP contribution in [-0.2, 0) is 6.42 Å². The van der Waals surface area contributed by atoms with E-state index in [1.807, 2.05) is 30.3 Å². The van der Waals surface area contributed by atoms with Gasteiger partial charge in [-0.1, -0.05) is 6.07 Å². The number of rotatable bonds is 4. The lowest BCUT2D eigenvalue weighted by atomic mass is 10.2. The van der Waals surface area contributed by atoms with Gasteiger partial charge in [-0.2, -0.15) is 5.26 Å². The molecule has 2 rings (SSSR count). The molecule has 0 aliphatic carbocycles. The van der Waals surface area contributed by atoms with Crippen LogP contribution in [0.1, 0.15) is 11.3 Å². The molecule has 0 fully saturated rings. The third-order valence-electron chi connectivity index (χ3n) is 2.27. The molecule has 0 amide bonds. The smallest absolute Gasteiger partial charge is 0.105 e. The number of hydrogen-bond donors (Lipinski definition) is 1. The second-order valence-electron chi connectivity index (χ2n) is 3.45. The Bertz CT molecular complexity index is 483. The van der Waals surface area contributed by atoms with Gasteiger partial charge < -0.3 is 9.73 Å². The number of anilines is 1. The highest BCUT2D eigenvalue weighted by atomic mass is 16.3. The predicted octanol–water partition coefficient (Wildman–Crippen LogP) is 2.81. The quantitative estimate of drug-likeness (QED) is 0.847. The van der Waals surface area contributed by atoms with E-state index in [0.717, 1.165) is 24.4 Å². The number of benzene rings is 1. The molecule has 1 N–H and O–H groups in total. The summed E-state index contributed by atoms with van der Waals surface area (Å²) in [6.45, 7) is 0.794. The molecule has 1 aromatic heterocycles. The van der Waals surface area contributed by atoms with Gasteiger partial charge in [0, 0.05) is 18.7 Å². The predicted molar refractivity (Wildman–Crippen MR) is 62.1 cm³/mol. The van der Waals surface area contributed by atoms with Crippen LogP contribution in [0.25, 0.3) is 0 Å². The molecule has 0 aliphatic heterocycles. The summed E-state index contributed by atoms with van der Waals surface area (Å²) in [5.41, 5.74) is 1.63. The number of nitrogens with one attached hydrogen (secondary N) is 1. The molecule has 0 bridgehead atoms. The van der Waals surface area contributed by atoms with Crippen molar-refractivity contribution in [1.82, 2.24) is 0 Å². The zero-order chi connectivity index (χ0) is 11.2. The Kier molecular flexibility index (Phi) is 3.25. The van der Waals surface area contributed by atoms with Crippen molar-refractivity contribution in [3.8, 4) is 6.07 Å². The van der Waals surface area contributed by atoms with Gasteiger partial charge in [0.15, 0.2) is 0 Å². The maximum Gasteiger partial charge on any atom is 0.105 e. The fourth-order valence-corrected chi connectivity index (χ4v) is 1.48. The topological polar surface area (TPSA) is 49.0 Å². The molecular formula is C13H12N2O. The largest absolute Gasteiger partial charge is 0.469 e. The van der Waals surface area contributed by atoms with Gasteiger partial charge >= 0.3 is 0 Å². The average Bonchev–Trinajstić information content (AvgIpc) is 2.82. The molecule has 0 aliphatic rings. The van der Waals surface area contributed by atoms with E-state index in [0.29, 0.717) is 5.56 Å². The maximum atomic E-state index is 8.74. The van der Waals surface area contributed by atoms with E-state index in [4.69, 9.17) is 9.68 Å². The Balaban J connectivity index is 1.88. The van der Waals surface area contributed by atoms with Crippen LogP contribution in [0, 0.1) is 11.3 Å². The first-order chi connectivity index (χ1) is 7.88. The van der Waals surface area contributed by atoms with Crippen molar-refractivity contribution < 1.29 is 4.42 Å². The summed E-state index contributed by atoms with van der Waals surface area (Å²) in [4.78, 5) is 0. The van der Waals surface area contributed by atoms with E-state index in [1.165, 1.54) is 0 Å². The lowest BCUT2D eigenvalue weighted by molar-refractivity contribution is 0.513. The molecule has 16 heavy (non-hydrogen) atoms. The lowest BCUT2D eigenvalue weighted by Gasteiger charge is -2.04. The summed E-state index contributed by atoms with van der Waals surface area (Å²) in [6.07, 6.45) is 2.51. The average molecular weight is 212 g/mol. The zero-order valence-electron chi connectivity index (χ0n) is 8.81. The highest BCUT2D eigenvalue weighted by molar-refractivity contribution is 5.49. The summed E-state index contributed by atoms with van der Waals surface area (Å²) in [6, 6.07) is 13.4. The highest BCUT2D eigenvalue weighted by Crippen LogP contribution is 2.10. The van der Waals surface area contributed by atoms with Gasteiger partial charge in [-0.25, -0.2) is 0 Å². The van der Waals surface area contributed by atoms with Crippen molar-refractivity contribution in [3.05, 3.63) is 54.0 Å². The van der Waals surface area contributed by atoms with Crippen molar-refractivity contribution >= 4 is 5.69 Å². The van der Waals surface area contributed by atoms with Crippen LogP contribution < -0.4 is 5.32 Å². The minimum atomic E-state index is 0.669. The van der Waals surface area contributed by atoms with E-state index >= 15 is 0 Å². The van der Waals surface area contributed by atoms with Gasteiger partial charge in [-0.15, -0.1) is 0 Å². The summed E-state index contributed by atoms with van der Waals surface area (Å²) in [7, 11) is 0. The second-order valence-corrected chi connectivity index (χ2v) is 3.45. The van der Waals surface area contributed by atoms with Crippen molar-refractivity contribution in [3.63, 3.8) is 0 Å². The van der Waals surface area contributed by atoms with Crippen molar-refractivity contribution in [2.24, 2.45) is 0 Å². The fourth-order valence-electron chi connectivity index (χ4n) is 1.48. The first-order valence-corrected chi connectivity index (χ1v) is 5.15. The van der Waals surface area contributed by atoms with E-state index in [9.17, 15) is 0 Å². The molecule has 0 unspecified atom stereocenters. The monoisotopic (exact) mass is 212 g/mol. The van der Waals surface area contributed by atoms with E-state index in [2.05, 4.69) is 11.4 Å². The Morgan fingerprint density at radius 2 is 2.19 bits per heavy atom. The van der Waals surface area contributed by atoms with Crippen LogP contribution in [0.2, 0.25) is 0 Å². The molecular weight excluding hydrogens is 200 g/mol. The van der Waals surface area contributed by atoms with Gasteiger partial charge in [0.2, 0.25) is 0 Å². The molecule has 3 heteroatoms. The highest BCUT2D eigenvalue weighted by Gasteiger charge is 1.97. The fraction of sp³-hybridized carbons (Fsp3) is 0.154. The standard InChI is InChI=1S/C13H12N2O/c14-10-11-3-1-4-12(9-11)15-7-6-13-5-2-8-16-13/h1-5,8-9,15H,6-7H2. The minimum Gasteiger partial charge on any atom is -0.469 e. The van der Waals surface area contributed by atoms with E-state index in [-0.39, 0.29) is 0 Å². The van der Waals surface area contributed by atoms with Crippen LogP contribution in [0.3, 0.4) is 0 Å². The Morgan fingerprint density at radius 1 is 1.25 bits per heavy atom. The number of furan rings is 1. The molecule has 0 spiro atoms. The van der Waals surface area contributed by atoms with Crippen LogP contribution in [0.4, 0.5) is 5.69 Å². The Labute approximate surface area is 94.3 Å². The van der Waals surface area contributed by atoms with E-state index in [1.54, 1.807) is 12.3 Å². The minimum absolute atomic E-state index is 0.669. The van der Waals surface area contributed by atoms with Gasteiger partial charge in [0.25, 0.3) is 0 Å². The molecule has 1 heterocycles. The zero-order valence-corrected chi connectivity index (χ0v) is 8.81. The number of nitriles is 1. The summed E-state index contributed by atoms with van der Waals surface area (Å²) in [5.74, 6) is 0.962. The second kappa shape index (κ2) is 5.04. The van der Waals surface area contributed by atoms with Crippen molar-refractivity contribution in [2.45, 2.75) is 6.42 Å². The molecule has 1 aromatic carbocycles. The molecule has 0 saturated heterocycles. The van der Waals surface area contributed by atoms with Gasteiger partial charge in [0.05, 0.1) is 17.9 Å². The molecule has 2 aromatic rings. The molecule has 80 valence electrons. The summed E-state index contributed by atoms with van der Waals surface area (Å²) >= 11 is 0. The van der Waals surface area contributed by atoms with Crippen LogP contribution in [0.5, 0.6) is 0 Å². The summed E-state index contributed by atoms with van der Waals surface area (Å²) in [5, 5.41) is 12.0. The molecule has 0 atom stereocenters. The van der Waals surface area contributed by atoms with Gasteiger partial charge in [0.1, 0.15) is 5.76 Å². The maximum absolute atomic E-state index is 8.74. The van der Waals surface area contributed by atoms with E-state index < -0.39 is 0 Å². The SMILES string of the molecule is N#Cc1cccc(NCCc2ccco2)c1. The number of nitrogens with zero attached hydrogens (tertiary/aromatic N) is 1. The number of hydrogen-bond acceptors (Lipinski definition) is 3. The molecule has 0 radical (unpaired) electrons. The van der Waals surface area contributed by atoms with Crippen LogP contribution >= 0.6 is 0 Å². The Morgan fingerprint density at radius 3 is 2.94 bits per heavy atom. The van der Waals surface area contributed by atoms with Crippen molar-refractivity contribution in [1.29, 1.82) is 5.26 Å². The van der Waals surface area contributed by atoms with Crippen molar-refractivity contribution in [2.75, 3.05) is 11.9 Å². The lowest BCUT2D eigenvalue weighted by Crippen LogP contribution is -2.04. The molecule has 3 nitrogen and oxygen atoms in total. The third-order valence-corrected chi connectivity index (χ3v) is 2.27. The first-order valence-electron chi connectivity index (χ1n) is 5.15. The third kappa shape index (κ3) is 2.64. The van der Waals surface area contributed by atoms with Gasteiger partial charge in [-0.3, -0.25) is 0 Å². The van der Waals surface area contributed by atoms with Crippen LogP contribution in [0.15, 0.2) is 47.1 Å². The Hall–Kier alpha value is -2.21. The normalized spacial score (nSPS) is 9.69. The molecule has 0 saturated carbocycles. The summed E-state index contributed by atoms with van der Waals surface area (Å²) < 4.78 is 5.22. The van der Waals surface area contributed by atoms with Crippen LogP contribution in [-0.4, -0.2) is 6.54 Å².